The number of thiophene rings is 1. The zero-order valence-corrected chi connectivity index (χ0v) is 10.4. The Morgan fingerprint density at radius 1 is 1.46 bits per heavy atom. The van der Waals surface area contributed by atoms with Gasteiger partial charge in [0, 0.05) is 14.7 Å². The predicted molar refractivity (Wildman–Crippen MR) is 61.1 cm³/mol. The van der Waals surface area contributed by atoms with Gasteiger partial charge in [0.1, 0.15) is 0 Å². The summed E-state index contributed by atoms with van der Waals surface area (Å²) in [6.07, 6.45) is 1.78. The lowest BCUT2D eigenvalue weighted by Crippen LogP contribution is -2.09. The van der Waals surface area contributed by atoms with Crippen LogP contribution in [0.1, 0.15) is 37.7 Å². The molecule has 0 amide bonds. The maximum atomic E-state index is 9.98. The third kappa shape index (κ3) is 2.79. The van der Waals surface area contributed by atoms with Crippen molar-refractivity contribution >= 4 is 27.3 Å². The highest BCUT2D eigenvalue weighted by molar-refractivity contribution is 9.10. The number of aliphatic hydroxyl groups is 1. The van der Waals surface area contributed by atoms with Gasteiger partial charge in [0.15, 0.2) is 0 Å². The van der Waals surface area contributed by atoms with Crippen LogP contribution in [0.3, 0.4) is 0 Å². The van der Waals surface area contributed by atoms with Crippen LogP contribution in [-0.4, -0.2) is 5.11 Å². The number of aliphatic hydroxyl groups excluding tert-OH is 1. The molecule has 1 aromatic rings. The van der Waals surface area contributed by atoms with Gasteiger partial charge < -0.3 is 5.11 Å². The predicted octanol–water partition coefficient (Wildman–Crippen LogP) is 3.98. The second-order valence-corrected chi connectivity index (χ2v) is 5.05. The summed E-state index contributed by atoms with van der Waals surface area (Å²) in [7, 11) is 0. The number of hydrogen-bond acceptors (Lipinski definition) is 2. The van der Waals surface area contributed by atoms with E-state index in [1.807, 2.05) is 11.4 Å². The van der Waals surface area contributed by atoms with Crippen molar-refractivity contribution in [3.05, 3.63) is 20.8 Å². The largest absolute Gasteiger partial charge is 0.387 e. The molecule has 0 aliphatic heterocycles. The minimum absolute atomic E-state index is 0.286. The molecule has 0 aromatic carbocycles. The summed E-state index contributed by atoms with van der Waals surface area (Å²) in [5.41, 5.74) is 0. The van der Waals surface area contributed by atoms with Gasteiger partial charge in [-0.1, -0.05) is 26.7 Å². The molecular weight excluding hydrogens is 248 g/mol. The van der Waals surface area contributed by atoms with Crippen LogP contribution in [0.5, 0.6) is 0 Å². The van der Waals surface area contributed by atoms with Crippen LogP contribution >= 0.6 is 27.3 Å². The van der Waals surface area contributed by atoms with Crippen molar-refractivity contribution in [1.29, 1.82) is 0 Å². The highest BCUT2D eigenvalue weighted by atomic mass is 79.9. The van der Waals surface area contributed by atoms with E-state index in [-0.39, 0.29) is 6.10 Å². The Bertz CT molecular complexity index is 255. The zero-order valence-electron chi connectivity index (χ0n) is 7.96. The van der Waals surface area contributed by atoms with E-state index in [2.05, 4.69) is 29.8 Å². The van der Waals surface area contributed by atoms with Gasteiger partial charge >= 0.3 is 0 Å². The summed E-state index contributed by atoms with van der Waals surface area (Å²) in [6, 6.07) is 2.01. The minimum Gasteiger partial charge on any atom is -0.387 e. The first-order chi connectivity index (χ1) is 6.19. The number of halogens is 1. The monoisotopic (exact) mass is 262 g/mol. The lowest BCUT2D eigenvalue weighted by atomic mass is 9.96. The summed E-state index contributed by atoms with van der Waals surface area (Å²) in [5, 5.41) is 12.0. The van der Waals surface area contributed by atoms with Gasteiger partial charge in [0.25, 0.3) is 0 Å². The molecule has 3 heteroatoms. The van der Waals surface area contributed by atoms with E-state index in [4.69, 9.17) is 0 Å². The summed E-state index contributed by atoms with van der Waals surface area (Å²) in [6.45, 7) is 4.25. The van der Waals surface area contributed by atoms with Crippen molar-refractivity contribution in [2.75, 3.05) is 0 Å². The molecule has 0 radical (unpaired) electrons. The molecule has 1 N–H and O–H groups in total. The lowest BCUT2D eigenvalue weighted by molar-refractivity contribution is 0.107. The lowest BCUT2D eigenvalue weighted by Gasteiger charge is -2.18. The highest BCUT2D eigenvalue weighted by Gasteiger charge is 2.18. The van der Waals surface area contributed by atoms with Gasteiger partial charge in [0.2, 0.25) is 0 Å². The molecule has 0 bridgehead atoms. The first-order valence-electron chi connectivity index (χ1n) is 4.61. The molecule has 0 fully saturated rings. The third-order valence-corrected chi connectivity index (χ3v) is 4.14. The molecule has 1 nitrogen and oxygen atoms in total. The van der Waals surface area contributed by atoms with E-state index in [1.165, 1.54) is 0 Å². The van der Waals surface area contributed by atoms with Gasteiger partial charge in [-0.25, -0.2) is 0 Å². The SMILES string of the molecule is CCC(CC)C(O)c1cc(Br)cs1. The number of rotatable bonds is 4. The maximum Gasteiger partial charge on any atom is 0.0910 e. The summed E-state index contributed by atoms with van der Waals surface area (Å²) in [5.74, 6) is 0.394. The van der Waals surface area contributed by atoms with E-state index in [0.29, 0.717) is 5.92 Å². The normalized spacial score (nSPS) is 13.6. The molecule has 1 unspecified atom stereocenters. The van der Waals surface area contributed by atoms with Crippen molar-refractivity contribution in [3.8, 4) is 0 Å². The summed E-state index contributed by atoms with van der Waals surface area (Å²) >= 11 is 5.01. The van der Waals surface area contributed by atoms with Crippen molar-refractivity contribution in [3.63, 3.8) is 0 Å². The summed E-state index contributed by atoms with van der Waals surface area (Å²) < 4.78 is 1.07. The fraction of sp³-hybridized carbons (Fsp3) is 0.600. The van der Waals surface area contributed by atoms with Crippen molar-refractivity contribution < 1.29 is 5.11 Å². The van der Waals surface area contributed by atoms with Crippen molar-refractivity contribution in [2.24, 2.45) is 5.92 Å². The molecule has 1 rings (SSSR count). The molecule has 0 aliphatic carbocycles. The van der Waals surface area contributed by atoms with Gasteiger partial charge in [-0.05, 0) is 27.9 Å². The zero-order chi connectivity index (χ0) is 9.84. The van der Waals surface area contributed by atoms with Crippen LogP contribution in [0.2, 0.25) is 0 Å². The molecule has 0 spiro atoms. The Morgan fingerprint density at radius 2 is 2.08 bits per heavy atom. The first kappa shape index (κ1) is 11.2. The number of hydrogen-bond donors (Lipinski definition) is 1. The Morgan fingerprint density at radius 3 is 2.46 bits per heavy atom. The highest BCUT2D eigenvalue weighted by Crippen LogP contribution is 2.32. The van der Waals surface area contributed by atoms with E-state index < -0.39 is 0 Å². The average Bonchev–Trinajstić information content (AvgIpc) is 2.54. The Hall–Kier alpha value is 0.140. The quantitative estimate of drug-likeness (QED) is 0.871. The second kappa shape index (κ2) is 5.13. The van der Waals surface area contributed by atoms with Gasteiger partial charge in [-0.15, -0.1) is 11.3 Å². The van der Waals surface area contributed by atoms with Crippen LogP contribution in [-0.2, 0) is 0 Å². The Kier molecular flexibility index (Phi) is 4.42. The minimum atomic E-state index is -0.286. The fourth-order valence-corrected chi connectivity index (χ4v) is 2.97. The molecule has 0 aliphatic rings. The van der Waals surface area contributed by atoms with Crippen LogP contribution in [0.25, 0.3) is 0 Å². The first-order valence-corrected chi connectivity index (χ1v) is 6.28. The van der Waals surface area contributed by atoms with E-state index >= 15 is 0 Å². The molecule has 0 saturated heterocycles. The summed E-state index contributed by atoms with van der Waals surface area (Å²) in [4.78, 5) is 1.07. The van der Waals surface area contributed by atoms with Gasteiger partial charge in [-0.2, -0.15) is 0 Å². The van der Waals surface area contributed by atoms with Gasteiger partial charge in [-0.3, -0.25) is 0 Å². The van der Waals surface area contributed by atoms with Crippen molar-refractivity contribution in [2.45, 2.75) is 32.8 Å². The molecule has 13 heavy (non-hydrogen) atoms. The maximum absolute atomic E-state index is 9.98. The average molecular weight is 263 g/mol. The molecule has 1 atom stereocenters. The van der Waals surface area contributed by atoms with Crippen LogP contribution in [0.4, 0.5) is 0 Å². The fourth-order valence-electron chi connectivity index (χ4n) is 1.45. The molecule has 74 valence electrons. The molecule has 0 saturated carbocycles. The second-order valence-electron chi connectivity index (χ2n) is 3.19. The van der Waals surface area contributed by atoms with E-state index in [1.54, 1.807) is 11.3 Å². The van der Waals surface area contributed by atoms with Crippen LogP contribution in [0, 0.1) is 5.92 Å². The van der Waals surface area contributed by atoms with Crippen molar-refractivity contribution in [1.82, 2.24) is 0 Å². The van der Waals surface area contributed by atoms with Crippen LogP contribution in [0.15, 0.2) is 15.9 Å². The molecule has 1 heterocycles. The van der Waals surface area contributed by atoms with Crippen LogP contribution < -0.4 is 0 Å². The standard InChI is InChI=1S/C10H15BrOS/c1-3-7(4-2)10(12)9-5-8(11)6-13-9/h5-7,10,12H,3-4H2,1-2H3. The van der Waals surface area contributed by atoms with E-state index in [9.17, 15) is 5.11 Å². The van der Waals surface area contributed by atoms with E-state index in [0.717, 1.165) is 22.2 Å². The Balaban J connectivity index is 2.71. The smallest absolute Gasteiger partial charge is 0.0910 e. The Labute approximate surface area is 91.9 Å². The topological polar surface area (TPSA) is 20.2 Å². The van der Waals surface area contributed by atoms with Gasteiger partial charge in [0.05, 0.1) is 6.10 Å². The molecular formula is C10H15BrOS. The third-order valence-electron chi connectivity index (χ3n) is 2.37. The molecule has 1 aromatic heterocycles.